The molecule has 0 atom stereocenters. The predicted molar refractivity (Wildman–Crippen MR) is 105 cm³/mol. The zero-order valence-corrected chi connectivity index (χ0v) is 16.8. The van der Waals surface area contributed by atoms with Crippen LogP contribution >= 0.6 is 11.8 Å². The fraction of sp³-hybridized carbons (Fsp3) is 0.368. The van der Waals surface area contributed by atoms with Crippen LogP contribution in [0.3, 0.4) is 0 Å². The van der Waals surface area contributed by atoms with Gasteiger partial charge in [-0.25, -0.2) is 4.39 Å². The van der Waals surface area contributed by atoms with Gasteiger partial charge in [0, 0.05) is 43.4 Å². The van der Waals surface area contributed by atoms with E-state index in [9.17, 15) is 9.18 Å². The van der Waals surface area contributed by atoms with Crippen LogP contribution in [0.1, 0.15) is 28.5 Å². The van der Waals surface area contributed by atoms with E-state index in [-0.39, 0.29) is 5.91 Å². The third-order valence-electron chi connectivity index (χ3n) is 5.03. The summed E-state index contributed by atoms with van der Waals surface area (Å²) in [4.78, 5) is 14.6. The summed E-state index contributed by atoms with van der Waals surface area (Å²) in [6, 6.07) is 5.82. The van der Waals surface area contributed by atoms with Crippen molar-refractivity contribution in [2.45, 2.75) is 31.6 Å². The standard InChI is InChI=1S/C19H21FN6OS/c1-4-26-17(21-22-19(26)28-3)16-14-11-25(9-8-15(14)24(2)23-16)18(27)12-6-5-7-13(20)10-12/h5-7,10H,4,8-9,11H2,1-3H3. The van der Waals surface area contributed by atoms with E-state index in [2.05, 4.69) is 15.3 Å². The Morgan fingerprint density at radius 3 is 2.86 bits per heavy atom. The highest BCUT2D eigenvalue weighted by Gasteiger charge is 2.30. The molecule has 9 heteroatoms. The molecular weight excluding hydrogens is 379 g/mol. The number of benzene rings is 1. The van der Waals surface area contributed by atoms with E-state index in [1.807, 2.05) is 29.5 Å². The van der Waals surface area contributed by atoms with E-state index in [1.165, 1.54) is 23.9 Å². The molecule has 0 saturated heterocycles. The van der Waals surface area contributed by atoms with Crippen molar-refractivity contribution >= 4 is 17.7 Å². The number of hydrogen-bond donors (Lipinski definition) is 0. The SMILES string of the molecule is CCn1c(SC)nnc1-c1nn(C)c2c1CN(C(=O)c1cccc(F)c1)CC2. The van der Waals surface area contributed by atoms with Crippen molar-refractivity contribution in [1.82, 2.24) is 29.4 Å². The van der Waals surface area contributed by atoms with Gasteiger partial charge in [-0.15, -0.1) is 10.2 Å². The maximum absolute atomic E-state index is 13.5. The molecule has 0 aliphatic carbocycles. The van der Waals surface area contributed by atoms with E-state index in [4.69, 9.17) is 0 Å². The highest BCUT2D eigenvalue weighted by Crippen LogP contribution is 2.31. The van der Waals surface area contributed by atoms with Crippen LogP contribution in [-0.4, -0.2) is 48.2 Å². The first-order chi connectivity index (χ1) is 13.5. The molecule has 4 rings (SSSR count). The fourth-order valence-corrected chi connectivity index (χ4v) is 4.21. The molecule has 0 saturated carbocycles. The van der Waals surface area contributed by atoms with Crippen LogP contribution < -0.4 is 0 Å². The average molecular weight is 400 g/mol. The summed E-state index contributed by atoms with van der Waals surface area (Å²) in [5.41, 5.74) is 3.18. The molecule has 1 aliphatic rings. The first kappa shape index (κ1) is 18.7. The number of carbonyl (C=O) groups excluding carboxylic acids is 1. The van der Waals surface area contributed by atoms with Gasteiger partial charge in [-0.05, 0) is 31.4 Å². The van der Waals surface area contributed by atoms with Crippen molar-refractivity contribution in [3.8, 4) is 11.5 Å². The summed E-state index contributed by atoms with van der Waals surface area (Å²) in [7, 11) is 1.91. The molecule has 0 N–H and O–H groups in total. The molecule has 28 heavy (non-hydrogen) atoms. The second-order valence-electron chi connectivity index (χ2n) is 6.64. The molecule has 0 radical (unpaired) electrons. The number of fused-ring (bicyclic) bond motifs is 1. The molecule has 0 fully saturated rings. The molecule has 2 aromatic heterocycles. The van der Waals surface area contributed by atoms with E-state index in [1.54, 1.807) is 17.0 Å². The number of rotatable bonds is 4. The minimum atomic E-state index is -0.411. The molecule has 146 valence electrons. The van der Waals surface area contributed by atoms with Crippen LogP contribution in [0.25, 0.3) is 11.5 Å². The number of amides is 1. The number of aryl methyl sites for hydroxylation is 1. The largest absolute Gasteiger partial charge is 0.334 e. The number of halogens is 1. The Balaban J connectivity index is 1.71. The van der Waals surface area contributed by atoms with Gasteiger partial charge in [0.05, 0.1) is 6.54 Å². The van der Waals surface area contributed by atoms with Crippen LogP contribution in [-0.2, 0) is 26.6 Å². The van der Waals surface area contributed by atoms with Gasteiger partial charge in [-0.3, -0.25) is 9.48 Å². The topological polar surface area (TPSA) is 68.8 Å². The van der Waals surface area contributed by atoms with Gasteiger partial charge < -0.3 is 9.47 Å². The van der Waals surface area contributed by atoms with E-state index < -0.39 is 5.82 Å². The minimum Gasteiger partial charge on any atom is -0.334 e. The minimum absolute atomic E-state index is 0.179. The molecule has 0 unspecified atom stereocenters. The van der Waals surface area contributed by atoms with Gasteiger partial charge in [-0.1, -0.05) is 17.8 Å². The summed E-state index contributed by atoms with van der Waals surface area (Å²) in [6.45, 7) is 3.76. The van der Waals surface area contributed by atoms with Crippen molar-refractivity contribution in [2.24, 2.45) is 7.05 Å². The predicted octanol–water partition coefficient (Wildman–Crippen LogP) is 2.76. The van der Waals surface area contributed by atoms with Crippen molar-refractivity contribution in [3.63, 3.8) is 0 Å². The molecule has 1 amide bonds. The quantitative estimate of drug-likeness (QED) is 0.630. The summed E-state index contributed by atoms with van der Waals surface area (Å²) in [6.07, 6.45) is 2.66. The normalized spacial score (nSPS) is 13.6. The van der Waals surface area contributed by atoms with Gasteiger partial charge in [0.25, 0.3) is 5.91 Å². The lowest BCUT2D eigenvalue weighted by molar-refractivity contribution is 0.0733. The molecule has 1 aromatic carbocycles. The van der Waals surface area contributed by atoms with Crippen molar-refractivity contribution in [1.29, 1.82) is 0 Å². The van der Waals surface area contributed by atoms with Crippen molar-refractivity contribution in [2.75, 3.05) is 12.8 Å². The molecule has 3 heterocycles. The van der Waals surface area contributed by atoms with Crippen LogP contribution in [0.4, 0.5) is 4.39 Å². The monoisotopic (exact) mass is 400 g/mol. The number of hydrogen-bond acceptors (Lipinski definition) is 5. The Kier molecular flexibility index (Phi) is 4.92. The van der Waals surface area contributed by atoms with Crippen LogP contribution in [0.5, 0.6) is 0 Å². The second kappa shape index (κ2) is 7.38. The second-order valence-corrected chi connectivity index (χ2v) is 7.41. The van der Waals surface area contributed by atoms with Crippen molar-refractivity contribution in [3.05, 3.63) is 46.9 Å². The van der Waals surface area contributed by atoms with E-state index in [0.717, 1.165) is 28.7 Å². The van der Waals surface area contributed by atoms with Crippen LogP contribution in [0.2, 0.25) is 0 Å². The van der Waals surface area contributed by atoms with Gasteiger partial charge in [0.1, 0.15) is 11.5 Å². The molecule has 1 aliphatic heterocycles. The molecule has 0 bridgehead atoms. The Labute approximate surface area is 166 Å². The lowest BCUT2D eigenvalue weighted by atomic mass is 10.0. The highest BCUT2D eigenvalue weighted by molar-refractivity contribution is 7.98. The third-order valence-corrected chi connectivity index (χ3v) is 5.70. The van der Waals surface area contributed by atoms with Gasteiger partial charge in [0.2, 0.25) is 0 Å². The summed E-state index contributed by atoms with van der Waals surface area (Å²) < 4.78 is 17.4. The maximum atomic E-state index is 13.5. The lowest BCUT2D eigenvalue weighted by Crippen LogP contribution is -2.36. The summed E-state index contributed by atoms with van der Waals surface area (Å²) in [5, 5.41) is 14.1. The fourth-order valence-electron chi connectivity index (χ4n) is 3.65. The molecule has 3 aromatic rings. The van der Waals surface area contributed by atoms with Gasteiger partial charge in [-0.2, -0.15) is 5.10 Å². The number of aromatic nitrogens is 5. The molecule has 7 nitrogen and oxygen atoms in total. The Morgan fingerprint density at radius 2 is 2.14 bits per heavy atom. The highest BCUT2D eigenvalue weighted by atomic mass is 32.2. The zero-order chi connectivity index (χ0) is 19.8. The Morgan fingerprint density at radius 1 is 1.32 bits per heavy atom. The Hall–Kier alpha value is -2.68. The third kappa shape index (κ3) is 3.09. The first-order valence-corrected chi connectivity index (χ1v) is 10.3. The summed E-state index contributed by atoms with van der Waals surface area (Å²) >= 11 is 1.54. The van der Waals surface area contributed by atoms with Gasteiger partial charge in [0.15, 0.2) is 11.0 Å². The number of thioether (sulfide) groups is 1. The van der Waals surface area contributed by atoms with Crippen LogP contribution in [0, 0.1) is 5.82 Å². The maximum Gasteiger partial charge on any atom is 0.254 e. The van der Waals surface area contributed by atoms with Crippen LogP contribution in [0.15, 0.2) is 29.4 Å². The van der Waals surface area contributed by atoms with E-state index in [0.29, 0.717) is 30.9 Å². The first-order valence-electron chi connectivity index (χ1n) is 9.10. The van der Waals surface area contributed by atoms with E-state index >= 15 is 0 Å². The zero-order valence-electron chi connectivity index (χ0n) is 16.0. The Bertz CT molecular complexity index is 1040. The number of nitrogens with zero attached hydrogens (tertiary/aromatic N) is 6. The van der Waals surface area contributed by atoms with Gasteiger partial charge >= 0.3 is 0 Å². The number of carbonyl (C=O) groups is 1. The molecule has 0 spiro atoms. The lowest BCUT2D eigenvalue weighted by Gasteiger charge is -2.27. The smallest absolute Gasteiger partial charge is 0.254 e. The molecular formula is C19H21FN6OS. The van der Waals surface area contributed by atoms with Crippen molar-refractivity contribution < 1.29 is 9.18 Å². The average Bonchev–Trinajstić information content (AvgIpc) is 3.27. The summed E-state index contributed by atoms with van der Waals surface area (Å²) in [5.74, 6) is 0.122.